The Hall–Kier alpha value is -3.05. The third-order valence-electron chi connectivity index (χ3n) is 4.49. The Balaban J connectivity index is 1.92. The molecule has 3 aromatic carbocycles. The summed E-state index contributed by atoms with van der Waals surface area (Å²) >= 11 is 0. The molecular formula is C23H24O5. The van der Waals surface area contributed by atoms with E-state index in [1.54, 1.807) is 21.1 Å². The normalized spacial score (nSPS) is 10.7. The first-order valence-corrected chi connectivity index (χ1v) is 9.14. The van der Waals surface area contributed by atoms with Crippen molar-refractivity contribution in [3.8, 4) is 11.5 Å². The second kappa shape index (κ2) is 9.24. The zero-order valence-corrected chi connectivity index (χ0v) is 16.4. The average Bonchev–Trinajstić information content (AvgIpc) is 2.73. The van der Waals surface area contributed by atoms with Crippen molar-refractivity contribution in [3.63, 3.8) is 0 Å². The van der Waals surface area contributed by atoms with Gasteiger partial charge in [-0.15, -0.1) is 0 Å². The summed E-state index contributed by atoms with van der Waals surface area (Å²) in [7, 11) is 3.19. The standard InChI is InChI=1S/C23H24O5/c1-4-28-23(24)22-20(15-27-14-16-9-11-18(25-2)12-10-16)19-8-6-5-7-17(19)13-21(22)26-3/h5-13H,4,14-15H2,1-3H3. The lowest BCUT2D eigenvalue weighted by Crippen LogP contribution is -2.12. The minimum Gasteiger partial charge on any atom is -0.497 e. The molecule has 0 aliphatic carbocycles. The van der Waals surface area contributed by atoms with E-state index in [1.807, 2.05) is 54.6 Å². The number of esters is 1. The number of rotatable bonds is 8. The Morgan fingerprint density at radius 1 is 0.929 bits per heavy atom. The van der Waals surface area contributed by atoms with Gasteiger partial charge in [0.15, 0.2) is 0 Å². The van der Waals surface area contributed by atoms with Crippen LogP contribution in [0.25, 0.3) is 10.8 Å². The molecule has 0 unspecified atom stereocenters. The first-order chi connectivity index (χ1) is 13.7. The molecule has 0 amide bonds. The van der Waals surface area contributed by atoms with Gasteiger partial charge < -0.3 is 18.9 Å². The lowest BCUT2D eigenvalue weighted by molar-refractivity contribution is 0.0513. The maximum atomic E-state index is 12.6. The topological polar surface area (TPSA) is 54.0 Å². The average molecular weight is 380 g/mol. The fraction of sp³-hybridized carbons (Fsp3) is 0.261. The van der Waals surface area contributed by atoms with Crippen molar-refractivity contribution >= 4 is 16.7 Å². The third kappa shape index (κ3) is 4.26. The molecule has 0 aliphatic rings. The molecule has 0 atom stereocenters. The van der Waals surface area contributed by atoms with Gasteiger partial charge in [0.05, 0.1) is 34.0 Å². The second-order valence-corrected chi connectivity index (χ2v) is 6.21. The van der Waals surface area contributed by atoms with E-state index in [1.165, 1.54) is 0 Å². The number of hydrogen-bond acceptors (Lipinski definition) is 5. The number of carbonyl (C=O) groups excluding carboxylic acids is 1. The summed E-state index contributed by atoms with van der Waals surface area (Å²) in [5.41, 5.74) is 2.20. The van der Waals surface area contributed by atoms with E-state index in [-0.39, 0.29) is 6.61 Å². The molecule has 0 heterocycles. The first-order valence-electron chi connectivity index (χ1n) is 9.14. The zero-order valence-electron chi connectivity index (χ0n) is 16.4. The van der Waals surface area contributed by atoms with E-state index >= 15 is 0 Å². The number of fused-ring (bicyclic) bond motifs is 1. The first kappa shape index (κ1) is 19.7. The van der Waals surface area contributed by atoms with Crippen molar-refractivity contribution in [2.45, 2.75) is 20.1 Å². The quantitative estimate of drug-likeness (QED) is 0.528. The van der Waals surface area contributed by atoms with Crippen LogP contribution in [-0.2, 0) is 22.7 Å². The minimum absolute atomic E-state index is 0.262. The van der Waals surface area contributed by atoms with Crippen LogP contribution in [0.5, 0.6) is 11.5 Å². The molecule has 0 radical (unpaired) electrons. The lowest BCUT2D eigenvalue weighted by Gasteiger charge is -2.16. The van der Waals surface area contributed by atoms with Gasteiger partial charge in [-0.25, -0.2) is 4.79 Å². The van der Waals surface area contributed by atoms with Gasteiger partial charge in [-0.05, 0) is 41.5 Å². The minimum atomic E-state index is -0.409. The van der Waals surface area contributed by atoms with Gasteiger partial charge in [0.25, 0.3) is 0 Å². The summed E-state index contributed by atoms with van der Waals surface area (Å²) in [6, 6.07) is 17.4. The van der Waals surface area contributed by atoms with E-state index in [2.05, 4.69) is 0 Å². The Bertz CT molecular complexity index is 947. The van der Waals surface area contributed by atoms with Crippen LogP contribution in [-0.4, -0.2) is 26.8 Å². The van der Waals surface area contributed by atoms with Crippen LogP contribution < -0.4 is 9.47 Å². The summed E-state index contributed by atoms with van der Waals surface area (Å²) in [6.45, 7) is 2.75. The maximum absolute atomic E-state index is 12.6. The highest BCUT2D eigenvalue weighted by Gasteiger charge is 2.21. The highest BCUT2D eigenvalue weighted by Crippen LogP contribution is 2.32. The lowest BCUT2D eigenvalue weighted by atomic mass is 9.98. The van der Waals surface area contributed by atoms with E-state index in [9.17, 15) is 4.79 Å². The van der Waals surface area contributed by atoms with Crippen LogP contribution in [0.3, 0.4) is 0 Å². The van der Waals surface area contributed by atoms with Crippen molar-refractivity contribution in [2.75, 3.05) is 20.8 Å². The summed E-state index contributed by atoms with van der Waals surface area (Å²) in [4.78, 5) is 12.6. The number of hydrogen-bond donors (Lipinski definition) is 0. The summed E-state index contributed by atoms with van der Waals surface area (Å²) in [6.07, 6.45) is 0. The van der Waals surface area contributed by atoms with Crippen LogP contribution >= 0.6 is 0 Å². The van der Waals surface area contributed by atoms with Crippen LogP contribution in [0.1, 0.15) is 28.4 Å². The third-order valence-corrected chi connectivity index (χ3v) is 4.49. The van der Waals surface area contributed by atoms with E-state index in [0.717, 1.165) is 27.6 Å². The molecule has 5 nitrogen and oxygen atoms in total. The summed E-state index contributed by atoms with van der Waals surface area (Å²) in [5.74, 6) is 0.875. The van der Waals surface area contributed by atoms with Gasteiger partial charge in [-0.3, -0.25) is 0 Å². The number of ether oxygens (including phenoxy) is 4. The molecule has 3 rings (SSSR count). The predicted molar refractivity (Wildman–Crippen MR) is 108 cm³/mol. The van der Waals surface area contributed by atoms with E-state index in [4.69, 9.17) is 18.9 Å². The Kier molecular flexibility index (Phi) is 6.50. The smallest absolute Gasteiger partial charge is 0.342 e. The molecule has 3 aromatic rings. The molecule has 5 heteroatoms. The fourth-order valence-electron chi connectivity index (χ4n) is 3.13. The van der Waals surface area contributed by atoms with Crippen LogP contribution in [0.4, 0.5) is 0 Å². The van der Waals surface area contributed by atoms with Crippen molar-refractivity contribution < 1.29 is 23.7 Å². The molecule has 0 fully saturated rings. The van der Waals surface area contributed by atoms with Crippen molar-refractivity contribution in [2.24, 2.45) is 0 Å². The van der Waals surface area contributed by atoms with E-state index < -0.39 is 5.97 Å². The van der Waals surface area contributed by atoms with Crippen molar-refractivity contribution in [3.05, 3.63) is 71.3 Å². The largest absolute Gasteiger partial charge is 0.497 e. The van der Waals surface area contributed by atoms with E-state index in [0.29, 0.717) is 24.5 Å². The van der Waals surface area contributed by atoms with Crippen LogP contribution in [0.15, 0.2) is 54.6 Å². The Morgan fingerprint density at radius 2 is 1.68 bits per heavy atom. The highest BCUT2D eigenvalue weighted by atomic mass is 16.5. The summed E-state index contributed by atoms with van der Waals surface area (Å²) < 4.78 is 21.9. The van der Waals surface area contributed by atoms with Crippen molar-refractivity contribution in [1.82, 2.24) is 0 Å². The van der Waals surface area contributed by atoms with Gasteiger partial charge in [0.2, 0.25) is 0 Å². The molecular weight excluding hydrogens is 356 g/mol. The molecule has 28 heavy (non-hydrogen) atoms. The SMILES string of the molecule is CCOC(=O)c1c(OC)cc2ccccc2c1COCc1ccc(OC)cc1. The predicted octanol–water partition coefficient (Wildman–Crippen LogP) is 4.75. The Morgan fingerprint density at radius 3 is 2.36 bits per heavy atom. The molecule has 0 bridgehead atoms. The van der Waals surface area contributed by atoms with Gasteiger partial charge in [0, 0.05) is 5.56 Å². The number of benzene rings is 3. The van der Waals surface area contributed by atoms with Gasteiger partial charge in [-0.2, -0.15) is 0 Å². The molecule has 146 valence electrons. The molecule has 0 spiro atoms. The van der Waals surface area contributed by atoms with Crippen LogP contribution in [0, 0.1) is 0 Å². The number of carbonyl (C=O) groups is 1. The van der Waals surface area contributed by atoms with Gasteiger partial charge in [0.1, 0.15) is 17.1 Å². The van der Waals surface area contributed by atoms with Crippen molar-refractivity contribution in [1.29, 1.82) is 0 Å². The molecule has 0 saturated heterocycles. The van der Waals surface area contributed by atoms with Gasteiger partial charge >= 0.3 is 5.97 Å². The highest BCUT2D eigenvalue weighted by molar-refractivity contribution is 6.01. The Labute approximate surface area is 164 Å². The van der Waals surface area contributed by atoms with Crippen LogP contribution in [0.2, 0.25) is 0 Å². The molecule has 0 N–H and O–H groups in total. The molecule has 0 aromatic heterocycles. The molecule has 0 saturated carbocycles. The fourth-order valence-corrected chi connectivity index (χ4v) is 3.13. The second-order valence-electron chi connectivity index (χ2n) is 6.21. The monoisotopic (exact) mass is 380 g/mol. The number of methoxy groups -OCH3 is 2. The summed E-state index contributed by atoms with van der Waals surface area (Å²) in [5, 5.41) is 1.93. The zero-order chi connectivity index (χ0) is 19.9. The molecule has 0 aliphatic heterocycles. The van der Waals surface area contributed by atoms with Gasteiger partial charge in [-0.1, -0.05) is 36.4 Å². The maximum Gasteiger partial charge on any atom is 0.342 e.